The van der Waals surface area contributed by atoms with E-state index in [2.05, 4.69) is 20.9 Å². The summed E-state index contributed by atoms with van der Waals surface area (Å²) >= 11 is 4.84. The lowest BCUT2D eigenvalue weighted by molar-refractivity contribution is 0.0696. The first kappa shape index (κ1) is 12.2. The van der Waals surface area contributed by atoms with Crippen molar-refractivity contribution < 1.29 is 9.90 Å². The van der Waals surface area contributed by atoms with Crippen molar-refractivity contribution >= 4 is 33.7 Å². The van der Waals surface area contributed by atoms with Crippen LogP contribution in [0.15, 0.2) is 45.1 Å². The highest BCUT2D eigenvalue weighted by atomic mass is 79.9. The molecule has 1 heterocycles. The Hall–Kier alpha value is -1.27. The van der Waals surface area contributed by atoms with Gasteiger partial charge in [-0.05, 0) is 34.1 Å². The minimum absolute atomic E-state index is 0.265. The fraction of sp³-hybridized carbons (Fsp3) is 0.0909. The van der Waals surface area contributed by atoms with Gasteiger partial charge in [-0.3, -0.25) is 0 Å². The van der Waals surface area contributed by atoms with Crippen LogP contribution in [0.3, 0.4) is 0 Å². The molecule has 0 bridgehead atoms. The smallest absolute Gasteiger partial charge is 0.335 e. The Morgan fingerprint density at radius 3 is 2.82 bits per heavy atom. The van der Waals surface area contributed by atoms with Gasteiger partial charge in [0.1, 0.15) is 0 Å². The molecule has 0 atom stereocenters. The first-order chi connectivity index (χ1) is 8.08. The zero-order valence-electron chi connectivity index (χ0n) is 8.92. The monoisotopic (exact) mass is 312 g/mol. The van der Waals surface area contributed by atoms with Crippen molar-refractivity contribution in [2.24, 2.45) is 7.05 Å². The fourth-order valence-corrected chi connectivity index (χ4v) is 2.69. The van der Waals surface area contributed by atoms with Gasteiger partial charge < -0.3 is 9.67 Å². The summed E-state index contributed by atoms with van der Waals surface area (Å²) in [6, 6.07) is 4.94. The number of benzene rings is 1. The fourth-order valence-electron chi connectivity index (χ4n) is 1.27. The number of aromatic nitrogens is 2. The lowest BCUT2D eigenvalue weighted by Gasteiger charge is -2.05. The molecule has 0 saturated carbocycles. The molecule has 0 spiro atoms. The number of aryl methyl sites for hydroxylation is 1. The normalized spacial score (nSPS) is 10.5. The van der Waals surface area contributed by atoms with Crippen LogP contribution in [-0.4, -0.2) is 20.6 Å². The number of carbonyl (C=O) groups is 1. The van der Waals surface area contributed by atoms with Crippen LogP contribution < -0.4 is 0 Å². The number of halogens is 1. The summed E-state index contributed by atoms with van der Waals surface area (Å²) in [5, 5.41) is 9.71. The average Bonchev–Trinajstić information content (AvgIpc) is 2.67. The van der Waals surface area contributed by atoms with E-state index in [-0.39, 0.29) is 5.56 Å². The van der Waals surface area contributed by atoms with Gasteiger partial charge in [0.25, 0.3) is 0 Å². The molecule has 0 aliphatic carbocycles. The van der Waals surface area contributed by atoms with Gasteiger partial charge in [-0.2, -0.15) is 0 Å². The van der Waals surface area contributed by atoms with Gasteiger partial charge in [0.2, 0.25) is 0 Å². The van der Waals surface area contributed by atoms with E-state index in [1.807, 2.05) is 17.8 Å². The number of rotatable bonds is 3. The molecule has 6 heteroatoms. The molecule has 88 valence electrons. The van der Waals surface area contributed by atoms with E-state index in [0.29, 0.717) is 0 Å². The molecule has 2 aromatic rings. The number of imidazole rings is 1. The van der Waals surface area contributed by atoms with Crippen molar-refractivity contribution in [3.8, 4) is 0 Å². The maximum absolute atomic E-state index is 10.8. The van der Waals surface area contributed by atoms with Gasteiger partial charge in [0, 0.05) is 28.8 Å². The van der Waals surface area contributed by atoms with E-state index in [1.54, 1.807) is 24.4 Å². The molecule has 0 unspecified atom stereocenters. The maximum Gasteiger partial charge on any atom is 0.335 e. The highest BCUT2D eigenvalue weighted by Gasteiger charge is 2.09. The summed E-state index contributed by atoms with van der Waals surface area (Å²) in [7, 11) is 1.91. The van der Waals surface area contributed by atoms with E-state index >= 15 is 0 Å². The second-order valence-electron chi connectivity index (χ2n) is 3.37. The first-order valence-corrected chi connectivity index (χ1v) is 6.37. The molecule has 0 amide bonds. The van der Waals surface area contributed by atoms with Crippen LogP contribution in [0.4, 0.5) is 0 Å². The molecule has 0 aliphatic rings. The minimum Gasteiger partial charge on any atom is -0.478 e. The maximum atomic E-state index is 10.8. The van der Waals surface area contributed by atoms with E-state index in [0.717, 1.165) is 14.5 Å². The molecule has 2 rings (SSSR count). The van der Waals surface area contributed by atoms with Crippen LogP contribution in [0.25, 0.3) is 0 Å². The Bertz CT molecular complexity index is 568. The van der Waals surface area contributed by atoms with Crippen LogP contribution in [0.2, 0.25) is 0 Å². The Kier molecular flexibility index (Phi) is 3.54. The average molecular weight is 313 g/mol. The highest BCUT2D eigenvalue weighted by molar-refractivity contribution is 9.10. The number of carboxylic acids is 1. The first-order valence-electron chi connectivity index (χ1n) is 4.76. The summed E-state index contributed by atoms with van der Waals surface area (Å²) in [4.78, 5) is 15.9. The largest absolute Gasteiger partial charge is 0.478 e. The van der Waals surface area contributed by atoms with Crippen molar-refractivity contribution in [3.63, 3.8) is 0 Å². The van der Waals surface area contributed by atoms with E-state index in [1.165, 1.54) is 11.8 Å². The summed E-state index contributed by atoms with van der Waals surface area (Å²) in [6.07, 6.45) is 3.59. The molecular formula is C11H9BrN2O2S. The number of nitrogens with zero attached hydrogens (tertiary/aromatic N) is 2. The summed E-state index contributed by atoms with van der Waals surface area (Å²) in [6.45, 7) is 0. The number of hydrogen-bond acceptors (Lipinski definition) is 3. The summed E-state index contributed by atoms with van der Waals surface area (Å²) in [5.74, 6) is -0.931. The van der Waals surface area contributed by atoms with Gasteiger partial charge in [0.05, 0.1) is 5.56 Å². The topological polar surface area (TPSA) is 55.1 Å². The molecule has 4 nitrogen and oxygen atoms in total. The molecule has 17 heavy (non-hydrogen) atoms. The zero-order chi connectivity index (χ0) is 12.4. The summed E-state index contributed by atoms with van der Waals surface area (Å²) in [5.41, 5.74) is 0.265. The second-order valence-corrected chi connectivity index (χ2v) is 5.24. The summed E-state index contributed by atoms with van der Waals surface area (Å²) < 4.78 is 2.66. The van der Waals surface area contributed by atoms with E-state index < -0.39 is 5.97 Å². The van der Waals surface area contributed by atoms with Gasteiger partial charge in [-0.1, -0.05) is 11.8 Å². The third kappa shape index (κ3) is 2.70. The predicted octanol–water partition coefficient (Wildman–Crippen LogP) is 3.03. The lowest BCUT2D eigenvalue weighted by Crippen LogP contribution is -1.96. The molecule has 0 fully saturated rings. The Labute approximate surface area is 111 Å². The Morgan fingerprint density at radius 1 is 1.53 bits per heavy atom. The van der Waals surface area contributed by atoms with Crippen molar-refractivity contribution in [3.05, 3.63) is 40.6 Å². The van der Waals surface area contributed by atoms with Crippen LogP contribution >= 0.6 is 27.7 Å². The van der Waals surface area contributed by atoms with Gasteiger partial charge in [-0.15, -0.1) is 0 Å². The standard InChI is InChI=1S/C11H9BrN2O2S/c1-14-5-4-13-11(14)17-9-3-2-7(10(15)16)6-8(9)12/h2-6H,1H3,(H,15,16). The third-order valence-electron chi connectivity index (χ3n) is 2.16. The van der Waals surface area contributed by atoms with E-state index in [9.17, 15) is 4.79 Å². The molecular weight excluding hydrogens is 304 g/mol. The molecule has 1 aromatic heterocycles. The molecule has 1 aromatic carbocycles. The number of aromatic carboxylic acids is 1. The van der Waals surface area contributed by atoms with Gasteiger partial charge >= 0.3 is 5.97 Å². The predicted molar refractivity (Wildman–Crippen MR) is 68.4 cm³/mol. The lowest BCUT2D eigenvalue weighted by atomic mass is 10.2. The van der Waals surface area contributed by atoms with Crippen molar-refractivity contribution in [2.75, 3.05) is 0 Å². The minimum atomic E-state index is -0.931. The Morgan fingerprint density at radius 2 is 2.29 bits per heavy atom. The van der Waals surface area contributed by atoms with Gasteiger partial charge in [-0.25, -0.2) is 9.78 Å². The third-order valence-corrected chi connectivity index (χ3v) is 4.23. The molecule has 1 N–H and O–H groups in total. The van der Waals surface area contributed by atoms with Crippen LogP contribution in [-0.2, 0) is 7.05 Å². The highest BCUT2D eigenvalue weighted by Crippen LogP contribution is 2.32. The Balaban J connectivity index is 2.29. The number of carboxylic acid groups (broad SMARTS) is 1. The van der Waals surface area contributed by atoms with Crippen LogP contribution in [0, 0.1) is 0 Å². The van der Waals surface area contributed by atoms with Crippen molar-refractivity contribution in [2.45, 2.75) is 10.1 Å². The van der Waals surface area contributed by atoms with E-state index in [4.69, 9.17) is 5.11 Å². The quantitative estimate of drug-likeness (QED) is 0.946. The molecule has 0 aliphatic heterocycles. The molecule has 0 saturated heterocycles. The molecule has 0 radical (unpaired) electrons. The van der Waals surface area contributed by atoms with Crippen LogP contribution in [0.1, 0.15) is 10.4 Å². The second kappa shape index (κ2) is 4.93. The van der Waals surface area contributed by atoms with Crippen molar-refractivity contribution in [1.82, 2.24) is 9.55 Å². The van der Waals surface area contributed by atoms with Gasteiger partial charge in [0.15, 0.2) is 5.16 Å². The van der Waals surface area contributed by atoms with Crippen LogP contribution in [0.5, 0.6) is 0 Å². The zero-order valence-corrected chi connectivity index (χ0v) is 11.3. The SMILES string of the molecule is Cn1ccnc1Sc1ccc(C(=O)O)cc1Br. The van der Waals surface area contributed by atoms with Crippen molar-refractivity contribution in [1.29, 1.82) is 0 Å². The number of hydrogen-bond donors (Lipinski definition) is 1.